The normalized spacial score (nSPS) is 10.1. The Labute approximate surface area is 109 Å². The minimum absolute atomic E-state index is 0.0263. The van der Waals surface area contributed by atoms with Crippen LogP contribution in [0.4, 0.5) is 5.69 Å². The van der Waals surface area contributed by atoms with Crippen molar-refractivity contribution in [1.82, 2.24) is 9.78 Å². The maximum Gasteiger partial charge on any atom is 0.307 e. The van der Waals surface area contributed by atoms with E-state index in [-0.39, 0.29) is 18.9 Å². The molecule has 2 rings (SSSR count). The molecule has 1 aromatic heterocycles. The molecule has 0 radical (unpaired) electrons. The van der Waals surface area contributed by atoms with E-state index < -0.39 is 5.97 Å². The van der Waals surface area contributed by atoms with Crippen LogP contribution in [0.15, 0.2) is 42.7 Å². The van der Waals surface area contributed by atoms with E-state index in [2.05, 4.69) is 10.4 Å². The molecule has 6 nitrogen and oxygen atoms in total. The first-order chi connectivity index (χ1) is 9.13. The standard InChI is InChI=1S/C13H13N3O3/c17-12(9-16-7-1-6-14-16)15-11-4-2-10(3-5-11)8-13(18)19/h1-7H,8-9H2,(H,15,17)(H,18,19). The van der Waals surface area contributed by atoms with Gasteiger partial charge in [-0.1, -0.05) is 12.1 Å². The van der Waals surface area contributed by atoms with Gasteiger partial charge in [-0.15, -0.1) is 0 Å². The zero-order valence-electron chi connectivity index (χ0n) is 10.1. The molecule has 0 fully saturated rings. The van der Waals surface area contributed by atoms with E-state index in [9.17, 15) is 9.59 Å². The van der Waals surface area contributed by atoms with Crippen molar-refractivity contribution >= 4 is 17.6 Å². The molecule has 1 aromatic carbocycles. The van der Waals surface area contributed by atoms with E-state index in [1.165, 1.54) is 4.68 Å². The van der Waals surface area contributed by atoms with Gasteiger partial charge in [-0.3, -0.25) is 14.3 Å². The molecule has 0 aliphatic carbocycles. The molecule has 98 valence electrons. The fourth-order valence-electron chi connectivity index (χ4n) is 1.62. The van der Waals surface area contributed by atoms with Crippen LogP contribution in [0.5, 0.6) is 0 Å². The van der Waals surface area contributed by atoms with E-state index in [4.69, 9.17) is 5.11 Å². The molecule has 2 N–H and O–H groups in total. The number of aromatic nitrogens is 2. The summed E-state index contributed by atoms with van der Waals surface area (Å²) < 4.78 is 1.52. The Hall–Kier alpha value is -2.63. The number of hydrogen-bond acceptors (Lipinski definition) is 3. The fourth-order valence-corrected chi connectivity index (χ4v) is 1.62. The van der Waals surface area contributed by atoms with Crippen LogP contribution in [0.1, 0.15) is 5.56 Å². The van der Waals surface area contributed by atoms with Crippen LogP contribution in [0.25, 0.3) is 0 Å². The predicted molar refractivity (Wildman–Crippen MR) is 68.6 cm³/mol. The Kier molecular flexibility index (Phi) is 3.92. The second kappa shape index (κ2) is 5.81. The highest BCUT2D eigenvalue weighted by atomic mass is 16.4. The topological polar surface area (TPSA) is 84.2 Å². The summed E-state index contributed by atoms with van der Waals surface area (Å²) in [6.45, 7) is 0.143. The Morgan fingerprint density at radius 1 is 1.26 bits per heavy atom. The first kappa shape index (κ1) is 12.8. The lowest BCUT2D eigenvalue weighted by Crippen LogP contribution is -2.18. The quantitative estimate of drug-likeness (QED) is 0.843. The van der Waals surface area contributed by atoms with Gasteiger partial charge in [0.15, 0.2) is 0 Å². The molecule has 1 heterocycles. The summed E-state index contributed by atoms with van der Waals surface area (Å²) in [7, 11) is 0. The van der Waals surface area contributed by atoms with Crippen molar-refractivity contribution in [3.63, 3.8) is 0 Å². The van der Waals surface area contributed by atoms with Gasteiger partial charge in [-0.25, -0.2) is 0 Å². The summed E-state index contributed by atoms with van der Waals surface area (Å²) in [4.78, 5) is 22.2. The molecule has 0 saturated heterocycles. The van der Waals surface area contributed by atoms with Crippen molar-refractivity contribution in [2.24, 2.45) is 0 Å². The van der Waals surface area contributed by atoms with Crippen molar-refractivity contribution in [3.05, 3.63) is 48.3 Å². The predicted octanol–water partition coefficient (Wildman–Crippen LogP) is 1.15. The van der Waals surface area contributed by atoms with E-state index in [1.54, 1.807) is 42.7 Å². The summed E-state index contributed by atoms with van der Waals surface area (Å²) in [5.74, 6) is -1.06. The third-order valence-corrected chi connectivity index (χ3v) is 2.46. The van der Waals surface area contributed by atoms with Gasteiger partial charge >= 0.3 is 5.97 Å². The molecule has 19 heavy (non-hydrogen) atoms. The van der Waals surface area contributed by atoms with Crippen molar-refractivity contribution in [1.29, 1.82) is 0 Å². The maximum atomic E-state index is 11.7. The molecular weight excluding hydrogens is 246 g/mol. The van der Waals surface area contributed by atoms with Crippen LogP contribution >= 0.6 is 0 Å². The molecule has 2 aromatic rings. The van der Waals surface area contributed by atoms with Gasteiger partial charge < -0.3 is 10.4 Å². The lowest BCUT2D eigenvalue weighted by molar-refractivity contribution is -0.136. The van der Waals surface area contributed by atoms with Crippen LogP contribution in [-0.4, -0.2) is 26.8 Å². The number of nitrogens with one attached hydrogen (secondary N) is 1. The van der Waals surface area contributed by atoms with Gasteiger partial charge in [0.05, 0.1) is 6.42 Å². The van der Waals surface area contributed by atoms with Crippen LogP contribution in [0, 0.1) is 0 Å². The lowest BCUT2D eigenvalue weighted by Gasteiger charge is -2.06. The largest absolute Gasteiger partial charge is 0.481 e. The van der Waals surface area contributed by atoms with Crippen molar-refractivity contribution in [2.75, 3.05) is 5.32 Å². The highest BCUT2D eigenvalue weighted by Gasteiger charge is 2.04. The smallest absolute Gasteiger partial charge is 0.307 e. The number of carbonyl (C=O) groups is 2. The second-order valence-corrected chi connectivity index (χ2v) is 4.02. The van der Waals surface area contributed by atoms with Gasteiger partial charge in [0.2, 0.25) is 5.91 Å². The summed E-state index contributed by atoms with van der Waals surface area (Å²) in [5.41, 5.74) is 1.32. The summed E-state index contributed by atoms with van der Waals surface area (Å²) in [6.07, 6.45) is 3.28. The SMILES string of the molecule is O=C(O)Cc1ccc(NC(=O)Cn2cccn2)cc1. The van der Waals surface area contributed by atoms with E-state index in [0.29, 0.717) is 11.3 Å². The first-order valence-corrected chi connectivity index (χ1v) is 5.71. The lowest BCUT2D eigenvalue weighted by atomic mass is 10.1. The van der Waals surface area contributed by atoms with Gasteiger partial charge in [-0.2, -0.15) is 5.10 Å². The zero-order valence-corrected chi connectivity index (χ0v) is 10.1. The molecule has 0 bridgehead atoms. The van der Waals surface area contributed by atoms with Gasteiger partial charge in [0, 0.05) is 18.1 Å². The Bertz CT molecular complexity index is 561. The molecule has 1 amide bonds. The molecule has 0 spiro atoms. The number of benzene rings is 1. The van der Waals surface area contributed by atoms with Gasteiger partial charge in [0.1, 0.15) is 6.54 Å². The summed E-state index contributed by atoms with van der Waals surface area (Å²) in [5, 5.41) is 15.3. The van der Waals surface area contributed by atoms with E-state index >= 15 is 0 Å². The number of amides is 1. The minimum atomic E-state index is -0.879. The van der Waals surface area contributed by atoms with Crippen LogP contribution in [0.2, 0.25) is 0 Å². The molecule has 0 aliphatic rings. The summed E-state index contributed by atoms with van der Waals surface area (Å²) >= 11 is 0. The third-order valence-electron chi connectivity index (χ3n) is 2.46. The van der Waals surface area contributed by atoms with Crippen molar-refractivity contribution in [2.45, 2.75) is 13.0 Å². The Morgan fingerprint density at radius 2 is 2.00 bits per heavy atom. The highest BCUT2D eigenvalue weighted by Crippen LogP contribution is 2.10. The number of anilines is 1. The van der Waals surface area contributed by atoms with Crippen LogP contribution in [0.3, 0.4) is 0 Å². The summed E-state index contributed by atoms with van der Waals surface area (Å²) in [6, 6.07) is 8.46. The van der Waals surface area contributed by atoms with Crippen LogP contribution < -0.4 is 5.32 Å². The molecule has 6 heteroatoms. The second-order valence-electron chi connectivity index (χ2n) is 4.02. The first-order valence-electron chi connectivity index (χ1n) is 5.71. The Morgan fingerprint density at radius 3 is 2.58 bits per heavy atom. The number of rotatable bonds is 5. The number of carboxylic acid groups (broad SMARTS) is 1. The van der Waals surface area contributed by atoms with E-state index in [0.717, 1.165) is 0 Å². The minimum Gasteiger partial charge on any atom is -0.481 e. The third kappa shape index (κ3) is 3.95. The van der Waals surface area contributed by atoms with E-state index in [1.807, 2.05) is 0 Å². The monoisotopic (exact) mass is 259 g/mol. The average Bonchev–Trinajstić information content (AvgIpc) is 2.83. The molecule has 0 atom stereocenters. The van der Waals surface area contributed by atoms with Crippen molar-refractivity contribution in [3.8, 4) is 0 Å². The van der Waals surface area contributed by atoms with Gasteiger partial charge in [0.25, 0.3) is 0 Å². The fraction of sp³-hybridized carbons (Fsp3) is 0.154. The molecule has 0 unspecified atom stereocenters. The number of carbonyl (C=O) groups excluding carboxylic acids is 1. The number of hydrogen-bond donors (Lipinski definition) is 2. The number of aliphatic carboxylic acids is 1. The molecule has 0 saturated carbocycles. The molecule has 0 aliphatic heterocycles. The number of nitrogens with zero attached hydrogens (tertiary/aromatic N) is 2. The zero-order chi connectivity index (χ0) is 13.7. The maximum absolute atomic E-state index is 11.7. The van der Waals surface area contributed by atoms with Gasteiger partial charge in [-0.05, 0) is 23.8 Å². The van der Waals surface area contributed by atoms with Crippen molar-refractivity contribution < 1.29 is 14.7 Å². The molecular formula is C13H13N3O3. The average molecular weight is 259 g/mol. The Balaban J connectivity index is 1.92. The highest BCUT2D eigenvalue weighted by molar-refractivity contribution is 5.90. The number of carboxylic acids is 1. The van der Waals surface area contributed by atoms with Crippen LogP contribution in [-0.2, 0) is 22.6 Å².